The van der Waals surface area contributed by atoms with Crippen LogP contribution in [0, 0.1) is 12.7 Å². The molecular weight excluding hydrogens is 375 g/mol. The summed E-state index contributed by atoms with van der Waals surface area (Å²) in [5.74, 6) is -3.39. The maximum atomic E-state index is 14.2. The summed E-state index contributed by atoms with van der Waals surface area (Å²) in [6, 6.07) is 7.77. The molecule has 2 heterocycles. The highest BCUT2D eigenvalue weighted by atomic mass is 32.2. The number of hydrogen-bond donors (Lipinski definition) is 1. The third kappa shape index (κ3) is 4.94. The number of hydrogen-bond acceptors (Lipinski definition) is 4. The van der Waals surface area contributed by atoms with Gasteiger partial charge in [-0.1, -0.05) is 6.07 Å². The van der Waals surface area contributed by atoms with Crippen LogP contribution in [0.3, 0.4) is 0 Å². The molecule has 144 valence electrons. The zero-order chi connectivity index (χ0) is 19.4. The summed E-state index contributed by atoms with van der Waals surface area (Å²) in [6.45, 7) is 3.06. The van der Waals surface area contributed by atoms with Crippen LogP contribution in [-0.2, 0) is 0 Å². The molecule has 3 rings (SSSR count). The second-order valence-electron chi connectivity index (χ2n) is 6.45. The van der Waals surface area contributed by atoms with Crippen LogP contribution >= 0.6 is 11.8 Å². The number of pyridine rings is 1. The van der Waals surface area contributed by atoms with Crippen molar-refractivity contribution in [2.45, 2.75) is 36.6 Å². The minimum atomic E-state index is -2.65. The molecule has 1 aliphatic heterocycles. The number of benzene rings is 1. The van der Waals surface area contributed by atoms with E-state index in [1.54, 1.807) is 18.2 Å². The van der Waals surface area contributed by atoms with Gasteiger partial charge in [-0.2, -0.15) is 8.78 Å². The Labute approximate surface area is 160 Å². The third-order valence-corrected chi connectivity index (χ3v) is 5.14. The molecule has 0 saturated carbocycles. The van der Waals surface area contributed by atoms with Crippen molar-refractivity contribution in [3.8, 4) is 0 Å². The lowest BCUT2D eigenvalue weighted by Gasteiger charge is -2.35. The van der Waals surface area contributed by atoms with E-state index in [4.69, 9.17) is 0 Å². The van der Waals surface area contributed by atoms with Crippen molar-refractivity contribution in [2.24, 2.45) is 0 Å². The third-order valence-electron chi connectivity index (χ3n) is 4.42. The molecule has 0 aliphatic carbocycles. The number of nitrogens with zero attached hydrogens (tertiary/aromatic N) is 2. The lowest BCUT2D eigenvalue weighted by molar-refractivity contribution is 0.0929. The summed E-state index contributed by atoms with van der Waals surface area (Å²) in [5.41, 5.74) is 1.60. The molecule has 8 heteroatoms. The number of halogens is 3. The fourth-order valence-corrected chi connectivity index (χ4v) is 3.76. The number of aryl methyl sites for hydroxylation is 1. The Hall–Kier alpha value is -2.22. The lowest BCUT2D eigenvalue weighted by atomic mass is 10.0. The molecule has 1 N–H and O–H groups in total. The van der Waals surface area contributed by atoms with E-state index in [2.05, 4.69) is 10.3 Å². The van der Waals surface area contributed by atoms with Gasteiger partial charge in [0.2, 0.25) is 0 Å². The molecule has 2 aromatic rings. The average molecular weight is 395 g/mol. The molecule has 1 unspecified atom stereocenters. The number of piperidine rings is 1. The van der Waals surface area contributed by atoms with Crippen LogP contribution in [0.2, 0.25) is 0 Å². The SMILES string of the molecule is Cc1ccc(F)c(N2CCCC(NC(=O)c3cccnc3SC(F)F)C2)c1. The smallest absolute Gasteiger partial charge is 0.290 e. The van der Waals surface area contributed by atoms with Crippen LogP contribution in [0.5, 0.6) is 0 Å². The van der Waals surface area contributed by atoms with Gasteiger partial charge in [0.1, 0.15) is 10.8 Å². The summed E-state index contributed by atoms with van der Waals surface area (Å²) in [5, 5.41) is 2.88. The van der Waals surface area contributed by atoms with E-state index in [1.807, 2.05) is 11.8 Å². The number of alkyl halides is 2. The molecule has 0 spiro atoms. The molecule has 27 heavy (non-hydrogen) atoms. The molecule has 1 fully saturated rings. The molecule has 1 aliphatic rings. The van der Waals surface area contributed by atoms with E-state index in [0.29, 0.717) is 18.8 Å². The van der Waals surface area contributed by atoms with E-state index >= 15 is 0 Å². The van der Waals surface area contributed by atoms with E-state index < -0.39 is 11.7 Å². The van der Waals surface area contributed by atoms with Gasteiger partial charge in [0, 0.05) is 25.3 Å². The van der Waals surface area contributed by atoms with Crippen LogP contribution in [0.1, 0.15) is 28.8 Å². The van der Waals surface area contributed by atoms with Gasteiger partial charge < -0.3 is 10.2 Å². The van der Waals surface area contributed by atoms with Gasteiger partial charge in [0.25, 0.3) is 11.7 Å². The first-order valence-corrected chi connectivity index (χ1v) is 9.54. The van der Waals surface area contributed by atoms with Crippen LogP contribution in [0.15, 0.2) is 41.6 Å². The molecule has 0 bridgehead atoms. The minimum Gasteiger partial charge on any atom is -0.367 e. The minimum absolute atomic E-state index is 0.00222. The lowest BCUT2D eigenvalue weighted by Crippen LogP contribution is -2.48. The number of anilines is 1. The second kappa shape index (κ2) is 8.65. The van der Waals surface area contributed by atoms with Crippen molar-refractivity contribution in [1.29, 1.82) is 0 Å². The van der Waals surface area contributed by atoms with E-state index in [9.17, 15) is 18.0 Å². The van der Waals surface area contributed by atoms with Crippen LogP contribution in [-0.4, -0.2) is 35.8 Å². The largest absolute Gasteiger partial charge is 0.367 e. The Morgan fingerprint density at radius 2 is 2.19 bits per heavy atom. The monoisotopic (exact) mass is 395 g/mol. The molecule has 1 amide bonds. The summed E-state index contributed by atoms with van der Waals surface area (Å²) in [6.07, 6.45) is 2.92. The number of carbonyl (C=O) groups is 1. The number of amides is 1. The summed E-state index contributed by atoms with van der Waals surface area (Å²) in [7, 11) is 0. The Bertz CT molecular complexity index is 819. The zero-order valence-electron chi connectivity index (χ0n) is 14.8. The molecule has 4 nitrogen and oxygen atoms in total. The first-order chi connectivity index (χ1) is 12.9. The van der Waals surface area contributed by atoms with Crippen LogP contribution in [0.4, 0.5) is 18.9 Å². The van der Waals surface area contributed by atoms with Crippen molar-refractivity contribution in [1.82, 2.24) is 10.3 Å². The molecular formula is C19H20F3N3OS. The van der Waals surface area contributed by atoms with Crippen molar-refractivity contribution in [3.05, 3.63) is 53.5 Å². The van der Waals surface area contributed by atoms with Crippen LogP contribution in [0.25, 0.3) is 0 Å². The van der Waals surface area contributed by atoms with E-state index in [1.165, 1.54) is 18.3 Å². The predicted octanol–water partition coefficient (Wildman–Crippen LogP) is 4.24. The number of thioether (sulfide) groups is 1. The Balaban J connectivity index is 1.71. The van der Waals surface area contributed by atoms with Gasteiger partial charge in [-0.15, -0.1) is 0 Å². The average Bonchev–Trinajstić information content (AvgIpc) is 2.64. The summed E-state index contributed by atoms with van der Waals surface area (Å²) >= 11 is 0.251. The Kier molecular flexibility index (Phi) is 6.26. The highest BCUT2D eigenvalue weighted by molar-refractivity contribution is 7.99. The highest BCUT2D eigenvalue weighted by Gasteiger charge is 2.25. The normalized spacial score (nSPS) is 17.2. The Morgan fingerprint density at radius 3 is 2.96 bits per heavy atom. The van der Waals surface area contributed by atoms with Gasteiger partial charge >= 0.3 is 0 Å². The predicted molar refractivity (Wildman–Crippen MR) is 99.9 cm³/mol. The fourth-order valence-electron chi connectivity index (χ4n) is 3.18. The van der Waals surface area contributed by atoms with E-state index in [0.717, 1.165) is 18.4 Å². The second-order valence-corrected chi connectivity index (χ2v) is 7.43. The first-order valence-electron chi connectivity index (χ1n) is 8.66. The van der Waals surface area contributed by atoms with Gasteiger partial charge in [-0.05, 0) is 61.4 Å². The Morgan fingerprint density at radius 1 is 1.37 bits per heavy atom. The van der Waals surface area contributed by atoms with Crippen molar-refractivity contribution < 1.29 is 18.0 Å². The number of rotatable bonds is 5. The van der Waals surface area contributed by atoms with Gasteiger partial charge in [0.05, 0.1) is 11.3 Å². The molecule has 0 radical (unpaired) electrons. The quantitative estimate of drug-likeness (QED) is 0.769. The highest BCUT2D eigenvalue weighted by Crippen LogP contribution is 2.27. The maximum absolute atomic E-state index is 14.2. The number of aromatic nitrogens is 1. The molecule has 1 saturated heterocycles. The zero-order valence-corrected chi connectivity index (χ0v) is 15.6. The molecule has 1 aromatic carbocycles. The summed E-state index contributed by atoms with van der Waals surface area (Å²) < 4.78 is 39.5. The van der Waals surface area contributed by atoms with Crippen molar-refractivity contribution >= 4 is 23.4 Å². The maximum Gasteiger partial charge on any atom is 0.290 e. The van der Waals surface area contributed by atoms with Crippen LogP contribution < -0.4 is 10.2 Å². The number of carbonyl (C=O) groups excluding carboxylic acids is 1. The van der Waals surface area contributed by atoms with Gasteiger partial charge in [-0.3, -0.25) is 4.79 Å². The first kappa shape index (κ1) is 19.5. The van der Waals surface area contributed by atoms with Crippen molar-refractivity contribution in [3.63, 3.8) is 0 Å². The fraction of sp³-hybridized carbons (Fsp3) is 0.368. The van der Waals surface area contributed by atoms with Gasteiger partial charge in [-0.25, -0.2) is 9.37 Å². The molecule has 1 atom stereocenters. The van der Waals surface area contributed by atoms with Crippen molar-refractivity contribution in [2.75, 3.05) is 18.0 Å². The number of nitrogens with one attached hydrogen (secondary N) is 1. The van der Waals surface area contributed by atoms with E-state index in [-0.39, 0.29) is 34.2 Å². The topological polar surface area (TPSA) is 45.2 Å². The van der Waals surface area contributed by atoms with Gasteiger partial charge in [0.15, 0.2) is 0 Å². The standard InChI is InChI=1S/C19H20F3N3OS/c1-12-6-7-15(20)16(10-12)25-9-3-4-13(11-25)24-17(26)14-5-2-8-23-18(14)27-19(21)22/h2,5-8,10,13,19H,3-4,9,11H2,1H3,(H,24,26). The molecule has 1 aromatic heterocycles. The summed E-state index contributed by atoms with van der Waals surface area (Å²) in [4.78, 5) is 18.4.